The quantitative estimate of drug-likeness (QED) is 0.789. The Morgan fingerprint density at radius 3 is 2.75 bits per heavy atom. The van der Waals surface area contributed by atoms with Gasteiger partial charge in [0.15, 0.2) is 0 Å². The molecular formula is C16H18N4. The van der Waals surface area contributed by atoms with Gasteiger partial charge in [0, 0.05) is 17.8 Å². The van der Waals surface area contributed by atoms with Gasteiger partial charge in [0.2, 0.25) is 0 Å². The normalized spacial score (nSPS) is 14.3. The van der Waals surface area contributed by atoms with Crippen LogP contribution in [0.4, 0.5) is 0 Å². The molecule has 0 aliphatic heterocycles. The number of fused-ring (bicyclic) bond motifs is 1. The first-order valence-electron chi connectivity index (χ1n) is 6.83. The molecule has 3 aromatic rings. The lowest BCUT2D eigenvalue weighted by molar-refractivity contribution is 0.422. The molecule has 0 radical (unpaired) electrons. The van der Waals surface area contributed by atoms with E-state index in [9.17, 15) is 0 Å². The Balaban J connectivity index is 2.15. The fraction of sp³-hybridized carbons (Fsp3) is 0.250. The standard InChI is InChI=1S/C16H18N4/c1-12(9-17)15(13-5-3-2-4-6-13)20-8-7-14-10-18-11-19-16(14)20/h2-8,10-12,15H,9,17H2,1H3. The second kappa shape index (κ2) is 5.43. The van der Waals surface area contributed by atoms with Gasteiger partial charge in [0.1, 0.15) is 12.0 Å². The Kier molecular flexibility index (Phi) is 3.48. The topological polar surface area (TPSA) is 56.7 Å². The second-order valence-electron chi connectivity index (χ2n) is 5.09. The molecule has 0 amide bonds. The smallest absolute Gasteiger partial charge is 0.143 e. The molecule has 0 saturated carbocycles. The van der Waals surface area contributed by atoms with Gasteiger partial charge in [0.25, 0.3) is 0 Å². The SMILES string of the molecule is CC(CN)C(c1ccccc1)n1ccc2cncnc21. The summed E-state index contributed by atoms with van der Waals surface area (Å²) in [4.78, 5) is 8.49. The van der Waals surface area contributed by atoms with Crippen molar-refractivity contribution in [3.05, 3.63) is 60.7 Å². The van der Waals surface area contributed by atoms with Gasteiger partial charge in [-0.15, -0.1) is 0 Å². The number of aromatic nitrogens is 3. The van der Waals surface area contributed by atoms with Crippen LogP contribution in [-0.2, 0) is 0 Å². The molecule has 2 unspecified atom stereocenters. The Morgan fingerprint density at radius 1 is 1.20 bits per heavy atom. The van der Waals surface area contributed by atoms with Gasteiger partial charge in [-0.1, -0.05) is 37.3 Å². The maximum absolute atomic E-state index is 5.91. The van der Waals surface area contributed by atoms with Crippen molar-refractivity contribution in [2.75, 3.05) is 6.54 Å². The van der Waals surface area contributed by atoms with Crippen molar-refractivity contribution in [2.45, 2.75) is 13.0 Å². The molecule has 2 aromatic heterocycles. The maximum atomic E-state index is 5.91. The molecule has 4 heteroatoms. The van der Waals surface area contributed by atoms with Gasteiger partial charge < -0.3 is 10.3 Å². The van der Waals surface area contributed by atoms with Gasteiger partial charge in [-0.05, 0) is 24.1 Å². The Labute approximate surface area is 118 Å². The van der Waals surface area contributed by atoms with Crippen molar-refractivity contribution in [3.8, 4) is 0 Å². The van der Waals surface area contributed by atoms with E-state index in [4.69, 9.17) is 5.73 Å². The van der Waals surface area contributed by atoms with Crippen LogP contribution in [0, 0.1) is 5.92 Å². The van der Waals surface area contributed by atoms with Crippen LogP contribution in [0.3, 0.4) is 0 Å². The molecule has 0 saturated heterocycles. The zero-order valence-electron chi connectivity index (χ0n) is 11.5. The lowest BCUT2D eigenvalue weighted by Crippen LogP contribution is -2.24. The fourth-order valence-corrected chi connectivity index (χ4v) is 2.67. The van der Waals surface area contributed by atoms with Crippen molar-refractivity contribution in [2.24, 2.45) is 11.7 Å². The number of nitrogens with two attached hydrogens (primary N) is 1. The van der Waals surface area contributed by atoms with Gasteiger partial charge in [-0.3, -0.25) is 0 Å². The molecule has 0 aliphatic carbocycles. The van der Waals surface area contributed by atoms with E-state index in [1.165, 1.54) is 5.56 Å². The molecule has 2 heterocycles. The largest absolute Gasteiger partial charge is 0.330 e. The van der Waals surface area contributed by atoms with Crippen molar-refractivity contribution < 1.29 is 0 Å². The highest BCUT2D eigenvalue weighted by atomic mass is 15.1. The fourth-order valence-electron chi connectivity index (χ4n) is 2.67. The van der Waals surface area contributed by atoms with Crippen LogP contribution < -0.4 is 5.73 Å². The van der Waals surface area contributed by atoms with Crippen molar-refractivity contribution in [1.29, 1.82) is 0 Å². The van der Waals surface area contributed by atoms with Crippen LogP contribution in [0.15, 0.2) is 55.1 Å². The van der Waals surface area contributed by atoms with E-state index in [0.29, 0.717) is 12.5 Å². The van der Waals surface area contributed by atoms with Gasteiger partial charge >= 0.3 is 0 Å². The summed E-state index contributed by atoms with van der Waals surface area (Å²) in [6.07, 6.45) is 5.51. The molecule has 3 rings (SSSR count). The van der Waals surface area contributed by atoms with Gasteiger partial charge in [-0.2, -0.15) is 0 Å². The zero-order valence-corrected chi connectivity index (χ0v) is 11.5. The van der Waals surface area contributed by atoms with E-state index < -0.39 is 0 Å². The Bertz CT molecular complexity index is 690. The third-order valence-electron chi connectivity index (χ3n) is 3.73. The Hall–Kier alpha value is -2.20. The van der Waals surface area contributed by atoms with E-state index >= 15 is 0 Å². The summed E-state index contributed by atoms with van der Waals surface area (Å²) >= 11 is 0. The van der Waals surface area contributed by atoms with Crippen molar-refractivity contribution in [1.82, 2.24) is 14.5 Å². The van der Waals surface area contributed by atoms with Crippen LogP contribution in [0.1, 0.15) is 18.5 Å². The highest BCUT2D eigenvalue weighted by Crippen LogP contribution is 2.29. The summed E-state index contributed by atoms with van der Waals surface area (Å²) in [5, 5.41) is 1.05. The predicted octanol–water partition coefficient (Wildman–Crippen LogP) is 2.62. The molecular weight excluding hydrogens is 248 g/mol. The molecule has 2 N–H and O–H groups in total. The molecule has 2 atom stereocenters. The molecule has 0 bridgehead atoms. The first-order valence-corrected chi connectivity index (χ1v) is 6.83. The lowest BCUT2D eigenvalue weighted by Gasteiger charge is -2.25. The molecule has 102 valence electrons. The van der Waals surface area contributed by atoms with E-state index in [2.05, 4.69) is 58.0 Å². The molecule has 20 heavy (non-hydrogen) atoms. The number of benzene rings is 1. The minimum atomic E-state index is 0.189. The van der Waals surface area contributed by atoms with Crippen molar-refractivity contribution in [3.63, 3.8) is 0 Å². The summed E-state index contributed by atoms with van der Waals surface area (Å²) in [5.41, 5.74) is 8.12. The number of hydrogen-bond acceptors (Lipinski definition) is 3. The van der Waals surface area contributed by atoms with Crippen LogP contribution >= 0.6 is 0 Å². The predicted molar refractivity (Wildman–Crippen MR) is 80.3 cm³/mol. The summed E-state index contributed by atoms with van der Waals surface area (Å²) < 4.78 is 2.20. The van der Waals surface area contributed by atoms with E-state index in [1.807, 2.05) is 12.3 Å². The minimum absolute atomic E-state index is 0.189. The highest BCUT2D eigenvalue weighted by Gasteiger charge is 2.21. The molecule has 0 spiro atoms. The number of rotatable bonds is 4. The number of nitrogens with zero attached hydrogens (tertiary/aromatic N) is 3. The monoisotopic (exact) mass is 266 g/mol. The Morgan fingerprint density at radius 2 is 2.00 bits per heavy atom. The molecule has 0 aliphatic rings. The van der Waals surface area contributed by atoms with E-state index in [0.717, 1.165) is 11.0 Å². The average molecular weight is 266 g/mol. The summed E-state index contributed by atoms with van der Waals surface area (Å²) in [7, 11) is 0. The van der Waals surface area contributed by atoms with Crippen LogP contribution in [-0.4, -0.2) is 21.1 Å². The molecule has 1 aromatic carbocycles. The zero-order chi connectivity index (χ0) is 13.9. The van der Waals surface area contributed by atoms with Crippen LogP contribution in [0.5, 0.6) is 0 Å². The van der Waals surface area contributed by atoms with Crippen LogP contribution in [0.25, 0.3) is 11.0 Å². The van der Waals surface area contributed by atoms with E-state index in [1.54, 1.807) is 6.33 Å². The van der Waals surface area contributed by atoms with Crippen molar-refractivity contribution >= 4 is 11.0 Å². The third-order valence-corrected chi connectivity index (χ3v) is 3.73. The third kappa shape index (κ3) is 2.18. The summed E-state index contributed by atoms with van der Waals surface area (Å²) in [6, 6.07) is 12.7. The first-order chi connectivity index (χ1) is 9.81. The summed E-state index contributed by atoms with van der Waals surface area (Å²) in [5.74, 6) is 0.322. The molecule has 0 fully saturated rings. The highest BCUT2D eigenvalue weighted by molar-refractivity contribution is 5.75. The minimum Gasteiger partial charge on any atom is -0.330 e. The molecule has 4 nitrogen and oxygen atoms in total. The second-order valence-corrected chi connectivity index (χ2v) is 5.09. The van der Waals surface area contributed by atoms with Crippen LogP contribution in [0.2, 0.25) is 0 Å². The summed E-state index contributed by atoms with van der Waals surface area (Å²) in [6.45, 7) is 2.80. The number of hydrogen-bond donors (Lipinski definition) is 1. The van der Waals surface area contributed by atoms with E-state index in [-0.39, 0.29) is 6.04 Å². The lowest BCUT2D eigenvalue weighted by atomic mass is 9.94. The van der Waals surface area contributed by atoms with Gasteiger partial charge in [-0.25, -0.2) is 9.97 Å². The maximum Gasteiger partial charge on any atom is 0.143 e. The first kappa shape index (κ1) is 12.8. The average Bonchev–Trinajstić information content (AvgIpc) is 2.92. The van der Waals surface area contributed by atoms with Gasteiger partial charge in [0.05, 0.1) is 6.04 Å².